The highest BCUT2D eigenvalue weighted by Crippen LogP contribution is 2.30. The van der Waals surface area contributed by atoms with Crippen LogP contribution in [-0.4, -0.2) is 12.6 Å². The number of unbranched alkanes of at least 4 members (excludes halogenated alkanes) is 2. The van der Waals surface area contributed by atoms with Crippen molar-refractivity contribution in [2.45, 2.75) is 44.7 Å². The molecular formula is C15H19ClN2O. The lowest BCUT2D eigenvalue weighted by molar-refractivity contribution is 0.304. The van der Waals surface area contributed by atoms with Crippen LogP contribution < -0.4 is 10.1 Å². The minimum absolute atomic E-state index is 0.585. The molecule has 1 aliphatic rings. The predicted molar refractivity (Wildman–Crippen MR) is 76.3 cm³/mol. The van der Waals surface area contributed by atoms with Crippen LogP contribution in [0.2, 0.25) is 5.02 Å². The molecule has 102 valence electrons. The Balaban J connectivity index is 1.86. The van der Waals surface area contributed by atoms with Gasteiger partial charge in [-0.25, -0.2) is 0 Å². The number of para-hydroxylation sites is 1. The Morgan fingerprint density at radius 3 is 2.95 bits per heavy atom. The van der Waals surface area contributed by atoms with Gasteiger partial charge in [-0.2, -0.15) is 5.26 Å². The first-order valence-corrected chi connectivity index (χ1v) is 7.19. The second-order valence-electron chi connectivity index (χ2n) is 4.85. The van der Waals surface area contributed by atoms with Gasteiger partial charge in [-0.1, -0.05) is 23.7 Å². The summed E-state index contributed by atoms with van der Waals surface area (Å²) in [5.74, 6) is 0.786. The van der Waals surface area contributed by atoms with Crippen LogP contribution in [0.15, 0.2) is 18.2 Å². The number of halogens is 1. The van der Waals surface area contributed by atoms with Crippen LogP contribution in [0, 0.1) is 11.3 Å². The first kappa shape index (κ1) is 14.2. The number of benzene rings is 1. The van der Waals surface area contributed by atoms with E-state index < -0.39 is 0 Å². The predicted octanol–water partition coefficient (Wildman–Crippen LogP) is 3.66. The molecule has 0 atom stereocenters. The van der Waals surface area contributed by atoms with Gasteiger partial charge in [-0.3, -0.25) is 0 Å². The summed E-state index contributed by atoms with van der Waals surface area (Å²) in [7, 11) is 0. The van der Waals surface area contributed by atoms with Gasteiger partial charge in [-0.05, 0) is 31.7 Å². The summed E-state index contributed by atoms with van der Waals surface area (Å²) in [5.41, 5.74) is 1.11. The van der Waals surface area contributed by atoms with E-state index in [0.717, 1.165) is 30.7 Å². The van der Waals surface area contributed by atoms with E-state index in [-0.39, 0.29) is 0 Å². The summed E-state index contributed by atoms with van der Waals surface area (Å²) in [4.78, 5) is 0. The monoisotopic (exact) mass is 278 g/mol. The third kappa shape index (κ3) is 4.74. The lowest BCUT2D eigenvalue weighted by Gasteiger charge is -2.13. The van der Waals surface area contributed by atoms with Gasteiger partial charge < -0.3 is 10.1 Å². The van der Waals surface area contributed by atoms with Crippen LogP contribution in [0.4, 0.5) is 0 Å². The Bertz CT molecular complexity index is 452. The van der Waals surface area contributed by atoms with Crippen LogP contribution >= 0.6 is 11.6 Å². The molecule has 0 bridgehead atoms. The van der Waals surface area contributed by atoms with Crippen molar-refractivity contribution in [3.05, 3.63) is 28.8 Å². The van der Waals surface area contributed by atoms with Gasteiger partial charge in [0.1, 0.15) is 5.75 Å². The van der Waals surface area contributed by atoms with Gasteiger partial charge in [0, 0.05) is 24.6 Å². The van der Waals surface area contributed by atoms with Crippen molar-refractivity contribution in [2.75, 3.05) is 6.61 Å². The fourth-order valence-electron chi connectivity index (χ4n) is 1.88. The number of rotatable bonds is 8. The normalized spacial score (nSPS) is 14.1. The molecule has 1 aliphatic carbocycles. The summed E-state index contributed by atoms with van der Waals surface area (Å²) in [6.45, 7) is 1.42. The molecule has 19 heavy (non-hydrogen) atoms. The summed E-state index contributed by atoms with van der Waals surface area (Å²) < 4.78 is 5.79. The maximum Gasteiger partial charge on any atom is 0.142 e. The molecule has 1 aromatic carbocycles. The zero-order valence-corrected chi connectivity index (χ0v) is 11.7. The van der Waals surface area contributed by atoms with Crippen molar-refractivity contribution in [1.82, 2.24) is 5.32 Å². The Kier molecular flexibility index (Phi) is 5.50. The molecule has 1 fully saturated rings. The van der Waals surface area contributed by atoms with Crippen LogP contribution in [0.25, 0.3) is 0 Å². The standard InChI is InChI=1S/C15H19ClN2O/c16-14-6-4-5-12(11-18-13-7-8-13)15(14)19-10-3-1-2-9-17/h4-6,13,18H,1-3,7-8,10-11H2. The molecule has 1 aromatic rings. The average Bonchev–Trinajstić information content (AvgIpc) is 3.22. The molecular weight excluding hydrogens is 260 g/mol. The van der Waals surface area contributed by atoms with E-state index in [1.807, 2.05) is 18.2 Å². The maximum atomic E-state index is 8.48. The molecule has 2 rings (SSSR count). The van der Waals surface area contributed by atoms with Gasteiger partial charge in [0.05, 0.1) is 17.7 Å². The Labute approximate surface area is 119 Å². The van der Waals surface area contributed by atoms with Crippen LogP contribution in [-0.2, 0) is 6.54 Å². The summed E-state index contributed by atoms with van der Waals surface area (Å²) in [5, 5.41) is 12.6. The van der Waals surface area contributed by atoms with Crippen molar-refractivity contribution in [3.8, 4) is 11.8 Å². The number of hydrogen-bond acceptors (Lipinski definition) is 3. The smallest absolute Gasteiger partial charge is 0.142 e. The van der Waals surface area contributed by atoms with E-state index in [1.54, 1.807) is 0 Å². The number of ether oxygens (including phenoxy) is 1. The van der Waals surface area contributed by atoms with E-state index in [9.17, 15) is 0 Å². The van der Waals surface area contributed by atoms with Crippen molar-refractivity contribution in [2.24, 2.45) is 0 Å². The minimum atomic E-state index is 0.585. The van der Waals surface area contributed by atoms with E-state index in [4.69, 9.17) is 21.6 Å². The van der Waals surface area contributed by atoms with Gasteiger partial charge >= 0.3 is 0 Å². The molecule has 0 unspecified atom stereocenters. The summed E-state index contributed by atoms with van der Waals surface area (Å²) in [6.07, 6.45) is 4.88. The van der Waals surface area contributed by atoms with E-state index >= 15 is 0 Å². The molecule has 0 spiro atoms. The molecule has 4 heteroatoms. The SMILES string of the molecule is N#CCCCCOc1c(Cl)cccc1CNC1CC1. The number of hydrogen-bond donors (Lipinski definition) is 1. The Hall–Kier alpha value is -1.24. The fraction of sp³-hybridized carbons (Fsp3) is 0.533. The van der Waals surface area contributed by atoms with Crippen LogP contribution in [0.1, 0.15) is 37.7 Å². The first-order valence-electron chi connectivity index (χ1n) is 6.82. The molecule has 1 N–H and O–H groups in total. The average molecular weight is 279 g/mol. The van der Waals surface area contributed by atoms with Crippen LogP contribution in [0.3, 0.4) is 0 Å². The van der Waals surface area contributed by atoms with Crippen LogP contribution in [0.5, 0.6) is 5.75 Å². The van der Waals surface area contributed by atoms with Crippen molar-refractivity contribution in [1.29, 1.82) is 5.26 Å². The van der Waals surface area contributed by atoms with Crippen molar-refractivity contribution >= 4 is 11.6 Å². The van der Waals surface area contributed by atoms with Gasteiger partial charge in [-0.15, -0.1) is 0 Å². The highest BCUT2D eigenvalue weighted by molar-refractivity contribution is 6.32. The highest BCUT2D eigenvalue weighted by Gasteiger charge is 2.21. The Morgan fingerprint density at radius 2 is 2.21 bits per heavy atom. The van der Waals surface area contributed by atoms with E-state index in [0.29, 0.717) is 24.1 Å². The zero-order chi connectivity index (χ0) is 13.5. The Morgan fingerprint density at radius 1 is 1.37 bits per heavy atom. The topological polar surface area (TPSA) is 45.0 Å². The first-order chi connectivity index (χ1) is 9.31. The van der Waals surface area contributed by atoms with E-state index in [1.165, 1.54) is 12.8 Å². The van der Waals surface area contributed by atoms with E-state index in [2.05, 4.69) is 11.4 Å². The molecule has 0 saturated heterocycles. The second kappa shape index (κ2) is 7.37. The molecule has 0 aromatic heterocycles. The number of nitriles is 1. The third-order valence-electron chi connectivity index (χ3n) is 3.14. The lowest BCUT2D eigenvalue weighted by Crippen LogP contribution is -2.16. The molecule has 0 aliphatic heterocycles. The molecule has 0 heterocycles. The zero-order valence-electron chi connectivity index (χ0n) is 11.0. The number of nitrogens with zero attached hydrogens (tertiary/aromatic N) is 1. The van der Waals surface area contributed by atoms with Gasteiger partial charge in [0.2, 0.25) is 0 Å². The molecule has 0 radical (unpaired) electrons. The largest absolute Gasteiger partial charge is 0.492 e. The van der Waals surface area contributed by atoms with Gasteiger partial charge in [0.25, 0.3) is 0 Å². The third-order valence-corrected chi connectivity index (χ3v) is 3.43. The fourth-order valence-corrected chi connectivity index (χ4v) is 2.13. The minimum Gasteiger partial charge on any atom is -0.492 e. The highest BCUT2D eigenvalue weighted by atomic mass is 35.5. The van der Waals surface area contributed by atoms with Crippen molar-refractivity contribution in [3.63, 3.8) is 0 Å². The maximum absolute atomic E-state index is 8.48. The quantitative estimate of drug-likeness (QED) is 0.738. The van der Waals surface area contributed by atoms with Crippen molar-refractivity contribution < 1.29 is 4.74 Å². The summed E-state index contributed by atoms with van der Waals surface area (Å²) >= 11 is 6.20. The molecule has 1 saturated carbocycles. The molecule has 3 nitrogen and oxygen atoms in total. The summed E-state index contributed by atoms with van der Waals surface area (Å²) in [6, 6.07) is 8.66. The number of nitrogens with one attached hydrogen (secondary N) is 1. The second-order valence-corrected chi connectivity index (χ2v) is 5.25. The molecule has 0 amide bonds. The lowest BCUT2D eigenvalue weighted by atomic mass is 10.2. The van der Waals surface area contributed by atoms with Gasteiger partial charge in [0.15, 0.2) is 0 Å².